The lowest BCUT2D eigenvalue weighted by Gasteiger charge is -2.21. The molecule has 0 fully saturated rings. The second-order valence-corrected chi connectivity index (χ2v) is 14.0. The third kappa shape index (κ3) is 3.62. The van der Waals surface area contributed by atoms with E-state index in [2.05, 4.69) is 44.2 Å². The number of benzene rings is 6. The van der Waals surface area contributed by atoms with Crippen molar-refractivity contribution in [3.8, 4) is 39.9 Å². The number of fused-ring (bicyclic) bond motifs is 13. The average Bonchev–Trinajstić information content (AvgIpc) is 3.86. The molecule has 8 nitrogen and oxygen atoms in total. The first-order chi connectivity index (χ1) is 25.4. The Labute approximate surface area is 295 Å². The van der Waals surface area contributed by atoms with Crippen molar-refractivity contribution >= 4 is 43.5 Å². The van der Waals surface area contributed by atoms with Crippen LogP contribution in [0, 0.1) is 0 Å². The second kappa shape index (κ2) is 10.1. The summed E-state index contributed by atoms with van der Waals surface area (Å²) in [6.07, 6.45) is 0. The fourth-order valence-corrected chi connectivity index (χ4v) is 8.58. The normalized spacial score (nSPS) is 13.5. The van der Waals surface area contributed by atoms with Crippen LogP contribution in [-0.4, -0.2) is 28.5 Å². The Bertz CT molecular complexity index is 3190. The fraction of sp³-hybridized carbons (Fsp3) is 0.0682. The molecule has 11 rings (SSSR count). The molecule has 0 N–H and O–H groups in total. The molecule has 0 saturated heterocycles. The molecule has 246 valence electrons. The topological polar surface area (TPSA) is 86.6 Å². The number of rotatable bonds is 3. The van der Waals surface area contributed by atoms with Gasteiger partial charge in [0.2, 0.25) is 5.95 Å². The van der Waals surface area contributed by atoms with Crippen molar-refractivity contribution in [2.45, 2.75) is 19.3 Å². The van der Waals surface area contributed by atoms with E-state index in [-0.39, 0.29) is 11.1 Å². The van der Waals surface area contributed by atoms with Gasteiger partial charge in [0.15, 0.2) is 11.6 Å². The van der Waals surface area contributed by atoms with Crippen LogP contribution in [0.5, 0.6) is 0 Å². The molecule has 6 aromatic carbocycles. The van der Waals surface area contributed by atoms with Gasteiger partial charge in [0.1, 0.15) is 0 Å². The lowest BCUT2D eigenvalue weighted by Crippen LogP contribution is -2.24. The zero-order valence-electron chi connectivity index (χ0n) is 28.2. The fourth-order valence-electron chi connectivity index (χ4n) is 8.58. The maximum Gasteiger partial charge on any atom is 0.283 e. The zero-order chi connectivity index (χ0) is 34.9. The highest BCUT2D eigenvalue weighted by atomic mass is 16.2. The summed E-state index contributed by atoms with van der Waals surface area (Å²) < 4.78 is 5.24. The van der Waals surface area contributed by atoms with Crippen LogP contribution in [0.25, 0.3) is 83.3 Å². The number of hydrogen-bond donors (Lipinski definition) is 0. The molecule has 0 unspecified atom stereocenters. The van der Waals surface area contributed by atoms with Crippen molar-refractivity contribution in [2.24, 2.45) is 0 Å². The molecule has 0 spiro atoms. The highest BCUT2D eigenvalue weighted by Gasteiger charge is 2.42. The summed E-state index contributed by atoms with van der Waals surface area (Å²) in [5.74, 6) is 1.51. The third-order valence-corrected chi connectivity index (χ3v) is 10.8. The van der Waals surface area contributed by atoms with Crippen molar-refractivity contribution in [1.29, 1.82) is 0 Å². The van der Waals surface area contributed by atoms with Crippen LogP contribution in [0.1, 0.15) is 25.1 Å². The van der Waals surface area contributed by atoms with Gasteiger partial charge in [-0.25, -0.2) is 9.50 Å². The first kappa shape index (κ1) is 28.9. The summed E-state index contributed by atoms with van der Waals surface area (Å²) in [5.41, 5.74) is 6.28. The smallest absolute Gasteiger partial charge is 0.278 e. The molecule has 8 heteroatoms. The van der Waals surface area contributed by atoms with Crippen molar-refractivity contribution < 1.29 is 0 Å². The van der Waals surface area contributed by atoms with E-state index >= 15 is 0 Å². The van der Waals surface area contributed by atoms with E-state index in [9.17, 15) is 9.59 Å². The van der Waals surface area contributed by atoms with E-state index in [4.69, 9.17) is 15.0 Å². The van der Waals surface area contributed by atoms with Gasteiger partial charge in [-0.3, -0.25) is 14.2 Å². The predicted molar refractivity (Wildman–Crippen MR) is 206 cm³/mol. The van der Waals surface area contributed by atoms with Gasteiger partial charge in [0.25, 0.3) is 11.1 Å². The van der Waals surface area contributed by atoms with Crippen LogP contribution >= 0.6 is 0 Å². The van der Waals surface area contributed by atoms with Gasteiger partial charge < -0.3 is 0 Å². The first-order valence-corrected chi connectivity index (χ1v) is 17.3. The second-order valence-electron chi connectivity index (χ2n) is 14.0. The highest BCUT2D eigenvalue weighted by Crippen LogP contribution is 2.48. The van der Waals surface area contributed by atoms with Gasteiger partial charge >= 0.3 is 0 Å². The summed E-state index contributed by atoms with van der Waals surface area (Å²) >= 11 is 0. The van der Waals surface area contributed by atoms with Crippen LogP contribution in [0.4, 0.5) is 0 Å². The zero-order valence-corrected chi connectivity index (χ0v) is 28.2. The predicted octanol–water partition coefficient (Wildman–Crippen LogP) is 8.43. The summed E-state index contributed by atoms with van der Waals surface area (Å²) in [4.78, 5) is 44.3. The Morgan fingerprint density at radius 3 is 1.85 bits per heavy atom. The maximum absolute atomic E-state index is 14.8. The van der Waals surface area contributed by atoms with E-state index in [1.165, 1.54) is 4.52 Å². The van der Waals surface area contributed by atoms with Gasteiger partial charge in [-0.1, -0.05) is 129 Å². The molecule has 0 saturated carbocycles. The van der Waals surface area contributed by atoms with E-state index in [0.29, 0.717) is 34.1 Å². The van der Waals surface area contributed by atoms with Gasteiger partial charge in [0.05, 0.1) is 33.2 Å². The molecule has 0 aliphatic heterocycles. The first-order valence-electron chi connectivity index (χ1n) is 17.3. The summed E-state index contributed by atoms with van der Waals surface area (Å²) in [5, 5.41) is 4.18. The maximum atomic E-state index is 14.8. The summed E-state index contributed by atoms with van der Waals surface area (Å²) in [6.45, 7) is 4.25. The SMILES string of the molecule is CC1(C)c2ccccc2-c2c1n1c3ccc4c(c3c(=O)n1c2=O)c1c2ccccc2ccc1n4-c1nc(-c2ccccc2)nc(-c2ccccc2)n1. The number of nitrogens with zero attached hydrogens (tertiary/aromatic N) is 6. The Morgan fingerprint density at radius 2 is 1.12 bits per heavy atom. The quantitative estimate of drug-likeness (QED) is 0.188. The average molecular weight is 673 g/mol. The molecule has 0 atom stereocenters. The van der Waals surface area contributed by atoms with E-state index < -0.39 is 5.41 Å². The van der Waals surface area contributed by atoms with Gasteiger partial charge in [-0.05, 0) is 40.1 Å². The lowest BCUT2D eigenvalue weighted by molar-refractivity contribution is 0.604. The number of hydrogen-bond acceptors (Lipinski definition) is 5. The number of aromatic nitrogens is 6. The summed E-state index contributed by atoms with van der Waals surface area (Å²) in [7, 11) is 0. The van der Waals surface area contributed by atoms with Crippen LogP contribution in [0.2, 0.25) is 0 Å². The monoisotopic (exact) mass is 672 g/mol. The minimum absolute atomic E-state index is 0.298. The molecular weight excluding hydrogens is 645 g/mol. The Morgan fingerprint density at radius 1 is 0.519 bits per heavy atom. The van der Waals surface area contributed by atoms with E-state index in [1.54, 1.807) is 0 Å². The molecule has 4 heterocycles. The Balaban J connectivity index is 1.31. The third-order valence-electron chi connectivity index (χ3n) is 10.8. The van der Waals surface area contributed by atoms with Crippen molar-refractivity contribution in [3.63, 3.8) is 0 Å². The van der Waals surface area contributed by atoms with Crippen LogP contribution in [0.15, 0.2) is 143 Å². The van der Waals surface area contributed by atoms with Gasteiger partial charge in [-0.2, -0.15) is 14.5 Å². The van der Waals surface area contributed by atoms with E-state index in [1.807, 2.05) is 112 Å². The molecule has 0 amide bonds. The molecule has 52 heavy (non-hydrogen) atoms. The molecule has 0 radical (unpaired) electrons. The molecule has 1 aliphatic rings. The van der Waals surface area contributed by atoms with Crippen LogP contribution in [0.3, 0.4) is 0 Å². The van der Waals surface area contributed by atoms with Crippen LogP contribution in [-0.2, 0) is 5.41 Å². The van der Waals surface area contributed by atoms with Gasteiger partial charge in [-0.15, -0.1) is 0 Å². The minimum Gasteiger partial charge on any atom is -0.278 e. The largest absolute Gasteiger partial charge is 0.283 e. The highest BCUT2D eigenvalue weighted by molar-refractivity contribution is 6.28. The van der Waals surface area contributed by atoms with Gasteiger partial charge in [0, 0.05) is 27.3 Å². The lowest BCUT2D eigenvalue weighted by atomic mass is 9.85. The Kier molecular flexibility index (Phi) is 5.59. The van der Waals surface area contributed by atoms with Crippen molar-refractivity contribution in [1.82, 2.24) is 28.5 Å². The van der Waals surface area contributed by atoms with Crippen LogP contribution < -0.4 is 11.1 Å². The van der Waals surface area contributed by atoms with Crippen molar-refractivity contribution in [2.75, 3.05) is 0 Å². The molecule has 4 aromatic heterocycles. The molecular formula is C44H28N6O2. The summed E-state index contributed by atoms with van der Waals surface area (Å²) in [6, 6.07) is 44.1. The standard InChI is InChI=1S/C44H28N6O2/c1-44(2)30-20-12-11-19-29(30)35-38(44)49-33-24-23-32-36(37(33)42(52)50(49)41(35)51)34-28-18-10-9-13-25(28)21-22-31(34)48(32)43-46-39(26-14-5-3-6-15-26)45-40(47-43)27-16-7-4-8-17-27/h3-24H,1-2H3. The van der Waals surface area contributed by atoms with Crippen molar-refractivity contribution in [3.05, 3.63) is 165 Å². The molecule has 1 aliphatic carbocycles. The minimum atomic E-state index is -0.500. The Hall–Kier alpha value is -6.93. The molecule has 10 aromatic rings. The molecule has 0 bridgehead atoms. The van der Waals surface area contributed by atoms with E-state index in [0.717, 1.165) is 60.5 Å².